The number of ether oxygens (including phenoxy) is 1. The van der Waals surface area contributed by atoms with E-state index in [4.69, 9.17) is 4.74 Å². The summed E-state index contributed by atoms with van der Waals surface area (Å²) in [7, 11) is 6.45. The molecule has 2 aliphatic rings. The minimum atomic E-state index is 0.593. The highest BCUT2D eigenvalue weighted by Gasteiger charge is 2.31. The third kappa shape index (κ3) is 3.67. The van der Waals surface area contributed by atoms with Crippen LogP contribution in [0.4, 0.5) is 0 Å². The minimum absolute atomic E-state index is 0.593. The van der Waals surface area contributed by atoms with Crippen LogP contribution in [0.15, 0.2) is 0 Å². The van der Waals surface area contributed by atoms with E-state index in [1.165, 1.54) is 38.9 Å². The number of nitrogens with one attached hydrogen (secondary N) is 1. The third-order valence-electron chi connectivity index (χ3n) is 4.41. The van der Waals surface area contributed by atoms with Gasteiger partial charge in [-0.25, -0.2) is 0 Å². The van der Waals surface area contributed by atoms with Crippen LogP contribution in [0.1, 0.15) is 19.3 Å². The van der Waals surface area contributed by atoms with Crippen molar-refractivity contribution in [3.63, 3.8) is 0 Å². The van der Waals surface area contributed by atoms with Gasteiger partial charge in [-0.05, 0) is 47.0 Å². The number of likely N-dealkylation sites (N-methyl/N-ethyl adjacent to an activating group) is 2. The second-order valence-corrected chi connectivity index (χ2v) is 6.07. The molecule has 2 rings (SSSR count). The molecule has 2 fully saturated rings. The third-order valence-corrected chi connectivity index (χ3v) is 4.41. The van der Waals surface area contributed by atoms with E-state index in [9.17, 15) is 0 Å². The zero-order chi connectivity index (χ0) is 13.0. The molecule has 0 bridgehead atoms. The summed E-state index contributed by atoms with van der Waals surface area (Å²) >= 11 is 0. The van der Waals surface area contributed by atoms with Crippen molar-refractivity contribution in [1.29, 1.82) is 0 Å². The fraction of sp³-hybridized carbons (Fsp3) is 1.00. The highest BCUT2D eigenvalue weighted by atomic mass is 16.5. The first-order valence-electron chi connectivity index (χ1n) is 7.34. The van der Waals surface area contributed by atoms with Gasteiger partial charge in [-0.15, -0.1) is 0 Å². The monoisotopic (exact) mass is 255 g/mol. The van der Waals surface area contributed by atoms with Crippen molar-refractivity contribution in [2.24, 2.45) is 5.92 Å². The SMILES string of the molecule is CNC(CN1CCCC1CN(C)C)C1CCOC1. The molecule has 2 saturated heterocycles. The number of hydrogen-bond acceptors (Lipinski definition) is 4. The van der Waals surface area contributed by atoms with Crippen LogP contribution in [0.2, 0.25) is 0 Å². The van der Waals surface area contributed by atoms with Crippen molar-refractivity contribution in [1.82, 2.24) is 15.1 Å². The first kappa shape index (κ1) is 14.3. The summed E-state index contributed by atoms with van der Waals surface area (Å²) in [5.74, 6) is 0.704. The van der Waals surface area contributed by atoms with Crippen LogP contribution < -0.4 is 5.32 Å². The van der Waals surface area contributed by atoms with Crippen LogP contribution in [-0.4, -0.2) is 75.9 Å². The number of rotatable bonds is 6. The fourth-order valence-electron chi connectivity index (χ4n) is 3.36. The van der Waals surface area contributed by atoms with Crippen LogP contribution >= 0.6 is 0 Å². The Morgan fingerprint density at radius 2 is 2.22 bits per heavy atom. The lowest BCUT2D eigenvalue weighted by atomic mass is 9.98. The molecule has 2 aliphatic heterocycles. The predicted octanol–water partition coefficient (Wildman–Crippen LogP) is 0.637. The zero-order valence-electron chi connectivity index (χ0n) is 12.2. The molecule has 18 heavy (non-hydrogen) atoms. The maximum absolute atomic E-state index is 5.53. The van der Waals surface area contributed by atoms with Gasteiger partial charge in [-0.3, -0.25) is 4.90 Å². The van der Waals surface area contributed by atoms with E-state index in [-0.39, 0.29) is 0 Å². The molecule has 0 radical (unpaired) electrons. The van der Waals surface area contributed by atoms with E-state index in [0.29, 0.717) is 12.0 Å². The summed E-state index contributed by atoms with van der Waals surface area (Å²) in [5.41, 5.74) is 0. The molecule has 1 N–H and O–H groups in total. The fourth-order valence-corrected chi connectivity index (χ4v) is 3.36. The summed E-state index contributed by atoms with van der Waals surface area (Å²) in [6.07, 6.45) is 3.93. The van der Waals surface area contributed by atoms with E-state index in [0.717, 1.165) is 19.3 Å². The standard InChI is InChI=1S/C14H29N3O/c1-15-14(12-6-8-18-11-12)10-17-7-4-5-13(17)9-16(2)3/h12-15H,4-11H2,1-3H3. The largest absolute Gasteiger partial charge is 0.381 e. The molecule has 106 valence electrons. The van der Waals surface area contributed by atoms with E-state index < -0.39 is 0 Å². The summed E-state index contributed by atoms with van der Waals surface area (Å²) in [4.78, 5) is 5.00. The number of hydrogen-bond donors (Lipinski definition) is 1. The van der Waals surface area contributed by atoms with Gasteiger partial charge < -0.3 is 15.0 Å². The van der Waals surface area contributed by atoms with Gasteiger partial charge in [-0.2, -0.15) is 0 Å². The molecule has 2 heterocycles. The van der Waals surface area contributed by atoms with E-state index in [2.05, 4.69) is 36.3 Å². The Bertz CT molecular complexity index is 241. The van der Waals surface area contributed by atoms with Gasteiger partial charge in [0.2, 0.25) is 0 Å². The maximum Gasteiger partial charge on any atom is 0.0510 e. The number of nitrogens with zero attached hydrogens (tertiary/aromatic N) is 2. The van der Waals surface area contributed by atoms with Crippen LogP contribution in [0.5, 0.6) is 0 Å². The molecular formula is C14H29N3O. The van der Waals surface area contributed by atoms with Crippen molar-refractivity contribution < 1.29 is 4.74 Å². The second kappa shape index (κ2) is 6.85. The van der Waals surface area contributed by atoms with E-state index in [1.807, 2.05) is 0 Å². The Hall–Kier alpha value is -0.160. The average molecular weight is 255 g/mol. The molecule has 0 aromatic carbocycles. The lowest BCUT2D eigenvalue weighted by molar-refractivity contribution is 0.150. The molecule has 4 nitrogen and oxygen atoms in total. The summed E-state index contributed by atoms with van der Waals surface area (Å²) in [6.45, 7) is 5.53. The molecule has 0 aromatic heterocycles. The summed E-state index contributed by atoms with van der Waals surface area (Å²) < 4.78 is 5.53. The van der Waals surface area contributed by atoms with Gasteiger partial charge in [0.15, 0.2) is 0 Å². The van der Waals surface area contributed by atoms with Crippen molar-refractivity contribution in [3.8, 4) is 0 Å². The second-order valence-electron chi connectivity index (χ2n) is 6.07. The van der Waals surface area contributed by atoms with Gasteiger partial charge >= 0.3 is 0 Å². The summed E-state index contributed by atoms with van der Waals surface area (Å²) in [5, 5.41) is 3.51. The molecular weight excluding hydrogens is 226 g/mol. The Labute approximate surface area is 112 Å². The number of likely N-dealkylation sites (tertiary alicyclic amines) is 1. The van der Waals surface area contributed by atoms with E-state index in [1.54, 1.807) is 0 Å². The molecule has 0 aromatic rings. The quantitative estimate of drug-likeness (QED) is 0.754. The van der Waals surface area contributed by atoms with Crippen LogP contribution in [-0.2, 0) is 4.74 Å². The van der Waals surface area contributed by atoms with E-state index >= 15 is 0 Å². The maximum atomic E-state index is 5.53. The molecule has 0 spiro atoms. The zero-order valence-corrected chi connectivity index (χ0v) is 12.2. The van der Waals surface area contributed by atoms with Crippen molar-refractivity contribution in [3.05, 3.63) is 0 Å². The van der Waals surface area contributed by atoms with Crippen molar-refractivity contribution in [2.45, 2.75) is 31.3 Å². The van der Waals surface area contributed by atoms with Gasteiger partial charge in [0.25, 0.3) is 0 Å². The minimum Gasteiger partial charge on any atom is -0.381 e. The average Bonchev–Trinajstić information content (AvgIpc) is 2.96. The van der Waals surface area contributed by atoms with Crippen LogP contribution in [0, 0.1) is 5.92 Å². The van der Waals surface area contributed by atoms with Crippen molar-refractivity contribution >= 4 is 0 Å². The van der Waals surface area contributed by atoms with Crippen LogP contribution in [0.3, 0.4) is 0 Å². The lowest BCUT2D eigenvalue weighted by Gasteiger charge is -2.32. The first-order valence-corrected chi connectivity index (χ1v) is 7.34. The van der Waals surface area contributed by atoms with Gasteiger partial charge in [0.1, 0.15) is 0 Å². The molecule has 3 atom stereocenters. The van der Waals surface area contributed by atoms with Crippen molar-refractivity contribution in [2.75, 3.05) is 54.0 Å². The molecule has 0 saturated carbocycles. The lowest BCUT2D eigenvalue weighted by Crippen LogP contribution is -2.48. The van der Waals surface area contributed by atoms with Crippen LogP contribution in [0.25, 0.3) is 0 Å². The Balaban J connectivity index is 1.85. The Morgan fingerprint density at radius 1 is 1.39 bits per heavy atom. The molecule has 0 aliphatic carbocycles. The summed E-state index contributed by atoms with van der Waals surface area (Å²) in [6, 6.07) is 1.34. The normalized spacial score (nSPS) is 31.3. The Morgan fingerprint density at radius 3 is 2.83 bits per heavy atom. The van der Waals surface area contributed by atoms with Gasteiger partial charge in [0.05, 0.1) is 6.61 Å². The Kier molecular flexibility index (Phi) is 5.42. The highest BCUT2D eigenvalue weighted by molar-refractivity contribution is 4.87. The smallest absolute Gasteiger partial charge is 0.0510 e. The van der Waals surface area contributed by atoms with Gasteiger partial charge in [-0.1, -0.05) is 0 Å². The molecule has 3 unspecified atom stereocenters. The molecule has 4 heteroatoms. The predicted molar refractivity (Wildman–Crippen MR) is 74.9 cm³/mol. The molecule has 0 amide bonds. The van der Waals surface area contributed by atoms with Gasteiger partial charge in [0, 0.05) is 37.7 Å². The topological polar surface area (TPSA) is 27.7 Å². The highest BCUT2D eigenvalue weighted by Crippen LogP contribution is 2.22. The first-order chi connectivity index (χ1) is 8.70.